The lowest BCUT2D eigenvalue weighted by molar-refractivity contribution is 0.103. The van der Waals surface area contributed by atoms with Gasteiger partial charge in [0, 0.05) is 10.6 Å². The molecule has 0 bridgehead atoms. The lowest BCUT2D eigenvalue weighted by Crippen LogP contribution is -2.14. The molecule has 2 aromatic rings. The van der Waals surface area contributed by atoms with Gasteiger partial charge in [0.25, 0.3) is 5.91 Å². The molecule has 1 heterocycles. The lowest BCUT2D eigenvalue weighted by Gasteiger charge is -2.05. The Morgan fingerprint density at radius 3 is 2.68 bits per heavy atom. The van der Waals surface area contributed by atoms with Crippen LogP contribution in [0.2, 0.25) is 0 Å². The number of thiophene rings is 1. The predicted octanol–water partition coefficient (Wildman–Crippen LogP) is 2.91. The molecule has 1 aromatic carbocycles. The molecular formula is C15H18N2O3S2. The van der Waals surface area contributed by atoms with Gasteiger partial charge in [0.1, 0.15) is 0 Å². The van der Waals surface area contributed by atoms with Crippen molar-refractivity contribution in [3.63, 3.8) is 0 Å². The number of nitrogens with two attached hydrogens (primary N) is 1. The standard InChI is InChI=1S/C15H18N2O3S2/c1-3-5-11-8-14(21-10(11)2)15(18)17-12-6-4-7-13(9-12)22(16,19)20/h4,6-9H,3,5H2,1-2H3,(H,17,18)(H2,16,19,20). The van der Waals surface area contributed by atoms with Crippen LogP contribution in [-0.2, 0) is 16.4 Å². The zero-order chi connectivity index (χ0) is 16.3. The summed E-state index contributed by atoms with van der Waals surface area (Å²) < 4.78 is 22.7. The molecule has 22 heavy (non-hydrogen) atoms. The fourth-order valence-electron chi connectivity index (χ4n) is 2.09. The van der Waals surface area contributed by atoms with E-state index in [4.69, 9.17) is 5.14 Å². The molecule has 0 spiro atoms. The van der Waals surface area contributed by atoms with Crippen LogP contribution in [0.25, 0.3) is 0 Å². The monoisotopic (exact) mass is 338 g/mol. The number of sulfonamides is 1. The van der Waals surface area contributed by atoms with Crippen molar-refractivity contribution in [2.24, 2.45) is 5.14 Å². The number of hydrogen-bond acceptors (Lipinski definition) is 4. The summed E-state index contributed by atoms with van der Waals surface area (Å²) in [5.41, 5.74) is 1.58. The number of hydrogen-bond donors (Lipinski definition) is 2. The van der Waals surface area contributed by atoms with Crippen molar-refractivity contribution in [1.82, 2.24) is 0 Å². The summed E-state index contributed by atoms with van der Waals surface area (Å²) >= 11 is 1.44. The van der Waals surface area contributed by atoms with Crippen molar-refractivity contribution in [2.45, 2.75) is 31.6 Å². The largest absolute Gasteiger partial charge is 0.321 e. The molecule has 0 atom stereocenters. The summed E-state index contributed by atoms with van der Waals surface area (Å²) in [6, 6.07) is 7.79. The topological polar surface area (TPSA) is 89.3 Å². The maximum Gasteiger partial charge on any atom is 0.265 e. The number of rotatable bonds is 5. The molecule has 0 aliphatic rings. The molecule has 0 unspecified atom stereocenters. The van der Waals surface area contributed by atoms with Crippen LogP contribution in [-0.4, -0.2) is 14.3 Å². The highest BCUT2D eigenvalue weighted by molar-refractivity contribution is 7.89. The van der Waals surface area contributed by atoms with E-state index in [0.29, 0.717) is 10.6 Å². The smallest absolute Gasteiger partial charge is 0.265 e. The first-order chi connectivity index (χ1) is 10.3. The molecular weight excluding hydrogens is 320 g/mol. The van der Waals surface area contributed by atoms with E-state index in [1.54, 1.807) is 6.07 Å². The van der Waals surface area contributed by atoms with Crippen molar-refractivity contribution >= 4 is 33.0 Å². The van der Waals surface area contributed by atoms with Crippen molar-refractivity contribution in [3.05, 3.63) is 45.6 Å². The van der Waals surface area contributed by atoms with E-state index >= 15 is 0 Å². The molecule has 0 saturated carbocycles. The zero-order valence-corrected chi connectivity index (χ0v) is 14.1. The third-order valence-corrected chi connectivity index (χ3v) is 5.19. The highest BCUT2D eigenvalue weighted by Crippen LogP contribution is 2.24. The normalized spacial score (nSPS) is 11.4. The molecule has 7 heteroatoms. The van der Waals surface area contributed by atoms with E-state index in [2.05, 4.69) is 12.2 Å². The van der Waals surface area contributed by atoms with Gasteiger partial charge in [-0.2, -0.15) is 0 Å². The second-order valence-electron chi connectivity index (χ2n) is 4.97. The van der Waals surface area contributed by atoms with E-state index in [0.717, 1.165) is 17.7 Å². The number of carbonyl (C=O) groups excluding carboxylic acids is 1. The van der Waals surface area contributed by atoms with Crippen molar-refractivity contribution < 1.29 is 13.2 Å². The van der Waals surface area contributed by atoms with Gasteiger partial charge in [-0.1, -0.05) is 19.4 Å². The molecule has 1 amide bonds. The van der Waals surface area contributed by atoms with E-state index in [1.807, 2.05) is 13.0 Å². The minimum atomic E-state index is -3.78. The summed E-state index contributed by atoms with van der Waals surface area (Å²) in [5.74, 6) is -0.248. The Labute approximate surface area is 134 Å². The number of aryl methyl sites for hydroxylation is 2. The van der Waals surface area contributed by atoms with Crippen LogP contribution in [0.4, 0.5) is 5.69 Å². The van der Waals surface area contributed by atoms with E-state index in [1.165, 1.54) is 35.1 Å². The second-order valence-corrected chi connectivity index (χ2v) is 7.79. The van der Waals surface area contributed by atoms with Crippen LogP contribution in [0.5, 0.6) is 0 Å². The highest BCUT2D eigenvalue weighted by atomic mass is 32.2. The maximum absolute atomic E-state index is 12.3. The second kappa shape index (κ2) is 6.60. The van der Waals surface area contributed by atoms with Crippen LogP contribution in [0.15, 0.2) is 35.2 Å². The number of carbonyl (C=O) groups is 1. The summed E-state index contributed by atoms with van der Waals surface area (Å²) in [6.07, 6.45) is 1.96. The van der Waals surface area contributed by atoms with Gasteiger partial charge < -0.3 is 5.32 Å². The molecule has 118 valence electrons. The van der Waals surface area contributed by atoms with Gasteiger partial charge in [0.15, 0.2) is 0 Å². The van der Waals surface area contributed by atoms with Crippen molar-refractivity contribution in [2.75, 3.05) is 5.32 Å². The Morgan fingerprint density at radius 2 is 2.05 bits per heavy atom. The van der Waals surface area contributed by atoms with Gasteiger partial charge in [-0.15, -0.1) is 11.3 Å². The summed E-state index contributed by atoms with van der Waals surface area (Å²) in [6.45, 7) is 4.09. The van der Waals surface area contributed by atoms with Crippen LogP contribution < -0.4 is 10.5 Å². The van der Waals surface area contributed by atoms with Gasteiger partial charge in [-0.3, -0.25) is 4.79 Å². The van der Waals surface area contributed by atoms with Crippen LogP contribution in [0.3, 0.4) is 0 Å². The van der Waals surface area contributed by atoms with Crippen LogP contribution in [0.1, 0.15) is 33.5 Å². The molecule has 1 aromatic heterocycles. The Bertz CT molecular complexity index is 795. The Hall–Kier alpha value is -1.70. The molecule has 0 radical (unpaired) electrons. The highest BCUT2D eigenvalue weighted by Gasteiger charge is 2.14. The quantitative estimate of drug-likeness (QED) is 0.878. The zero-order valence-electron chi connectivity index (χ0n) is 12.4. The van der Waals surface area contributed by atoms with Crippen LogP contribution >= 0.6 is 11.3 Å². The molecule has 3 N–H and O–H groups in total. The lowest BCUT2D eigenvalue weighted by atomic mass is 10.1. The Kier molecular flexibility index (Phi) is 5.00. The van der Waals surface area contributed by atoms with E-state index < -0.39 is 10.0 Å². The predicted molar refractivity (Wildman–Crippen MR) is 88.8 cm³/mol. The number of primary sulfonamides is 1. The van der Waals surface area contributed by atoms with Gasteiger partial charge in [-0.25, -0.2) is 13.6 Å². The fraction of sp³-hybridized carbons (Fsp3) is 0.267. The Morgan fingerprint density at radius 1 is 1.32 bits per heavy atom. The van der Waals surface area contributed by atoms with Crippen molar-refractivity contribution in [3.8, 4) is 0 Å². The molecule has 0 aliphatic carbocycles. The van der Waals surface area contributed by atoms with Gasteiger partial charge >= 0.3 is 0 Å². The fourth-order valence-corrected chi connectivity index (χ4v) is 3.62. The number of benzene rings is 1. The molecule has 0 aliphatic heterocycles. The Balaban J connectivity index is 2.20. The average molecular weight is 338 g/mol. The first kappa shape index (κ1) is 16.7. The SMILES string of the molecule is CCCc1cc(C(=O)Nc2cccc(S(N)(=O)=O)c2)sc1C. The van der Waals surface area contributed by atoms with Gasteiger partial charge in [0.2, 0.25) is 10.0 Å². The van der Waals surface area contributed by atoms with Crippen molar-refractivity contribution in [1.29, 1.82) is 0 Å². The molecule has 0 saturated heterocycles. The van der Waals surface area contributed by atoms with E-state index in [9.17, 15) is 13.2 Å². The first-order valence-electron chi connectivity index (χ1n) is 6.84. The van der Waals surface area contributed by atoms with E-state index in [-0.39, 0.29) is 10.8 Å². The molecule has 5 nitrogen and oxygen atoms in total. The third-order valence-electron chi connectivity index (χ3n) is 3.18. The molecule has 2 rings (SSSR count). The number of amides is 1. The summed E-state index contributed by atoms with van der Waals surface area (Å²) in [4.78, 5) is 14.0. The third kappa shape index (κ3) is 3.94. The maximum atomic E-state index is 12.3. The summed E-state index contributed by atoms with van der Waals surface area (Å²) in [5, 5.41) is 7.79. The molecule has 0 fully saturated rings. The average Bonchev–Trinajstić information content (AvgIpc) is 2.80. The van der Waals surface area contributed by atoms with Gasteiger partial charge in [-0.05, 0) is 43.2 Å². The number of anilines is 1. The number of nitrogens with one attached hydrogen (secondary N) is 1. The van der Waals surface area contributed by atoms with Gasteiger partial charge in [0.05, 0.1) is 9.77 Å². The minimum Gasteiger partial charge on any atom is -0.321 e. The van der Waals surface area contributed by atoms with Crippen LogP contribution in [0, 0.1) is 6.92 Å². The minimum absolute atomic E-state index is 0.0284. The first-order valence-corrected chi connectivity index (χ1v) is 9.21. The summed E-state index contributed by atoms with van der Waals surface area (Å²) in [7, 11) is -3.78.